The van der Waals surface area contributed by atoms with Gasteiger partial charge in [-0.2, -0.15) is 0 Å². The second-order valence-electron chi connectivity index (χ2n) is 5.35. The van der Waals surface area contributed by atoms with Gasteiger partial charge in [-0.1, -0.05) is 30.5 Å². The number of halogens is 1. The summed E-state index contributed by atoms with van der Waals surface area (Å²) in [6.07, 6.45) is 3.52. The van der Waals surface area contributed by atoms with Crippen molar-refractivity contribution >= 4 is 28.9 Å². The molecule has 0 aromatic heterocycles. The van der Waals surface area contributed by atoms with Gasteiger partial charge in [-0.05, 0) is 25.0 Å². The number of amides is 1. The Hall–Kier alpha value is -1.26. The summed E-state index contributed by atoms with van der Waals surface area (Å²) in [7, 11) is 3.79. The number of carbonyl (C=O) groups is 1. The molecular formula is C14H20ClN3O. The molecule has 1 aliphatic rings. The molecule has 1 saturated carbocycles. The number of hydrogen-bond acceptors (Lipinski definition) is 3. The third-order valence-electron chi connectivity index (χ3n) is 3.63. The van der Waals surface area contributed by atoms with Gasteiger partial charge in [0, 0.05) is 14.1 Å². The molecule has 0 radical (unpaired) electrons. The fourth-order valence-electron chi connectivity index (χ4n) is 2.55. The topological polar surface area (TPSA) is 58.4 Å². The summed E-state index contributed by atoms with van der Waals surface area (Å²) in [6, 6.07) is 5.47. The Balaban J connectivity index is 2.24. The van der Waals surface area contributed by atoms with Gasteiger partial charge in [-0.15, -0.1) is 0 Å². The van der Waals surface area contributed by atoms with E-state index in [1.54, 1.807) is 6.07 Å². The molecule has 0 aliphatic heterocycles. The molecular weight excluding hydrogens is 262 g/mol. The first-order valence-corrected chi connectivity index (χ1v) is 6.88. The van der Waals surface area contributed by atoms with E-state index in [2.05, 4.69) is 5.32 Å². The molecule has 104 valence electrons. The van der Waals surface area contributed by atoms with Gasteiger partial charge in [-0.3, -0.25) is 4.79 Å². The maximum absolute atomic E-state index is 12.3. The van der Waals surface area contributed by atoms with Gasteiger partial charge in [0.25, 0.3) is 0 Å². The van der Waals surface area contributed by atoms with Crippen molar-refractivity contribution in [2.45, 2.75) is 31.2 Å². The van der Waals surface area contributed by atoms with Crippen LogP contribution >= 0.6 is 11.6 Å². The Morgan fingerprint density at radius 1 is 1.37 bits per heavy atom. The van der Waals surface area contributed by atoms with Crippen molar-refractivity contribution in [2.24, 2.45) is 5.73 Å². The van der Waals surface area contributed by atoms with Crippen molar-refractivity contribution < 1.29 is 4.79 Å². The lowest BCUT2D eigenvalue weighted by Crippen LogP contribution is -2.48. The zero-order valence-corrected chi connectivity index (χ0v) is 12.1. The summed E-state index contributed by atoms with van der Waals surface area (Å²) < 4.78 is 0. The molecule has 19 heavy (non-hydrogen) atoms. The summed E-state index contributed by atoms with van der Waals surface area (Å²) in [5.74, 6) is -0.115. The van der Waals surface area contributed by atoms with E-state index in [4.69, 9.17) is 17.3 Å². The van der Waals surface area contributed by atoms with Gasteiger partial charge >= 0.3 is 0 Å². The molecule has 0 spiro atoms. The first kappa shape index (κ1) is 14.2. The minimum atomic E-state index is -0.730. The van der Waals surface area contributed by atoms with Gasteiger partial charge in [0.2, 0.25) is 5.91 Å². The number of hydrogen-bond donors (Lipinski definition) is 2. The summed E-state index contributed by atoms with van der Waals surface area (Å²) in [4.78, 5) is 14.2. The predicted molar refractivity (Wildman–Crippen MR) is 79.8 cm³/mol. The van der Waals surface area contributed by atoms with E-state index in [0.717, 1.165) is 31.4 Å². The average Bonchev–Trinajstić information content (AvgIpc) is 2.77. The van der Waals surface area contributed by atoms with E-state index in [-0.39, 0.29) is 5.91 Å². The largest absolute Gasteiger partial charge is 0.375 e. The Morgan fingerprint density at radius 3 is 2.58 bits per heavy atom. The van der Waals surface area contributed by atoms with Crippen LogP contribution in [0.5, 0.6) is 0 Å². The summed E-state index contributed by atoms with van der Waals surface area (Å²) >= 11 is 6.18. The maximum Gasteiger partial charge on any atom is 0.244 e. The first-order valence-electron chi connectivity index (χ1n) is 6.50. The predicted octanol–water partition coefficient (Wildman–Crippen LogP) is 2.62. The van der Waals surface area contributed by atoms with Crippen LogP contribution in [0.1, 0.15) is 25.7 Å². The molecule has 1 aliphatic carbocycles. The van der Waals surface area contributed by atoms with Gasteiger partial charge < -0.3 is 16.0 Å². The molecule has 3 N–H and O–H groups in total. The van der Waals surface area contributed by atoms with Gasteiger partial charge in [0.15, 0.2) is 0 Å². The zero-order chi connectivity index (χ0) is 14.0. The summed E-state index contributed by atoms with van der Waals surface area (Å²) in [5, 5.41) is 3.54. The van der Waals surface area contributed by atoms with Crippen LogP contribution in [-0.4, -0.2) is 25.5 Å². The third-order valence-corrected chi connectivity index (χ3v) is 3.94. The Morgan fingerprint density at radius 2 is 2.00 bits per heavy atom. The Labute approximate surface area is 118 Å². The van der Waals surface area contributed by atoms with Crippen LogP contribution in [0.3, 0.4) is 0 Å². The van der Waals surface area contributed by atoms with Crippen molar-refractivity contribution in [1.29, 1.82) is 0 Å². The SMILES string of the molecule is CN(C)c1c(Cl)cccc1NC(=O)C1(N)CCCC1. The number of nitrogens with two attached hydrogens (primary N) is 1. The van der Waals surface area contributed by atoms with Crippen LogP contribution in [0.4, 0.5) is 11.4 Å². The second kappa shape index (κ2) is 5.39. The fourth-order valence-corrected chi connectivity index (χ4v) is 2.89. The molecule has 0 unspecified atom stereocenters. The van der Waals surface area contributed by atoms with Gasteiger partial charge in [0.05, 0.1) is 21.9 Å². The molecule has 0 atom stereocenters. The number of nitrogens with one attached hydrogen (secondary N) is 1. The molecule has 1 aromatic carbocycles. The maximum atomic E-state index is 12.3. The molecule has 0 bridgehead atoms. The molecule has 4 nitrogen and oxygen atoms in total. The van der Waals surface area contributed by atoms with Crippen LogP contribution in [0.25, 0.3) is 0 Å². The second-order valence-corrected chi connectivity index (χ2v) is 5.76. The zero-order valence-electron chi connectivity index (χ0n) is 11.4. The lowest BCUT2D eigenvalue weighted by molar-refractivity contribution is -0.120. The van der Waals surface area contributed by atoms with E-state index < -0.39 is 5.54 Å². The molecule has 1 amide bonds. The van der Waals surface area contributed by atoms with Crippen molar-refractivity contribution in [3.63, 3.8) is 0 Å². The lowest BCUT2D eigenvalue weighted by atomic mass is 9.98. The standard InChI is InChI=1S/C14H20ClN3O/c1-18(2)12-10(15)6-5-7-11(12)17-13(19)14(16)8-3-4-9-14/h5-7H,3-4,8-9,16H2,1-2H3,(H,17,19). The van der Waals surface area contributed by atoms with E-state index in [1.165, 1.54) is 0 Å². The number of anilines is 2. The highest BCUT2D eigenvalue weighted by Crippen LogP contribution is 2.34. The highest BCUT2D eigenvalue weighted by Gasteiger charge is 2.37. The number of para-hydroxylation sites is 1. The third kappa shape index (κ3) is 2.85. The van der Waals surface area contributed by atoms with Crippen LogP contribution in [0.15, 0.2) is 18.2 Å². The fraction of sp³-hybridized carbons (Fsp3) is 0.500. The van der Waals surface area contributed by atoms with Crippen molar-refractivity contribution in [3.05, 3.63) is 23.2 Å². The minimum Gasteiger partial charge on any atom is -0.375 e. The quantitative estimate of drug-likeness (QED) is 0.895. The highest BCUT2D eigenvalue weighted by atomic mass is 35.5. The Kier molecular flexibility index (Phi) is 4.02. The van der Waals surface area contributed by atoms with Crippen molar-refractivity contribution in [1.82, 2.24) is 0 Å². The van der Waals surface area contributed by atoms with Crippen molar-refractivity contribution in [2.75, 3.05) is 24.3 Å². The summed E-state index contributed by atoms with van der Waals surface area (Å²) in [6.45, 7) is 0. The molecule has 0 heterocycles. The smallest absolute Gasteiger partial charge is 0.244 e. The van der Waals surface area contributed by atoms with Crippen LogP contribution in [-0.2, 0) is 4.79 Å². The van der Waals surface area contributed by atoms with Crippen LogP contribution in [0, 0.1) is 0 Å². The van der Waals surface area contributed by atoms with E-state index in [0.29, 0.717) is 10.7 Å². The summed E-state index contributed by atoms with van der Waals surface area (Å²) in [5.41, 5.74) is 6.94. The number of benzene rings is 1. The van der Waals surface area contributed by atoms with Gasteiger partial charge in [0.1, 0.15) is 0 Å². The average molecular weight is 282 g/mol. The van der Waals surface area contributed by atoms with Gasteiger partial charge in [-0.25, -0.2) is 0 Å². The highest BCUT2D eigenvalue weighted by molar-refractivity contribution is 6.34. The number of nitrogens with zero attached hydrogens (tertiary/aromatic N) is 1. The molecule has 0 saturated heterocycles. The van der Waals surface area contributed by atoms with E-state index in [1.807, 2.05) is 31.1 Å². The first-order chi connectivity index (χ1) is 8.94. The number of carbonyl (C=O) groups excluding carboxylic acids is 1. The normalized spacial score (nSPS) is 17.3. The molecule has 2 rings (SSSR count). The lowest BCUT2D eigenvalue weighted by Gasteiger charge is -2.25. The number of rotatable bonds is 3. The van der Waals surface area contributed by atoms with Crippen molar-refractivity contribution in [3.8, 4) is 0 Å². The van der Waals surface area contributed by atoms with E-state index >= 15 is 0 Å². The monoisotopic (exact) mass is 281 g/mol. The Bertz CT molecular complexity index is 482. The van der Waals surface area contributed by atoms with Crippen LogP contribution < -0.4 is 16.0 Å². The van der Waals surface area contributed by atoms with E-state index in [9.17, 15) is 4.79 Å². The molecule has 1 fully saturated rings. The minimum absolute atomic E-state index is 0.115. The molecule has 1 aromatic rings. The molecule has 5 heteroatoms. The van der Waals surface area contributed by atoms with Crippen LogP contribution in [0.2, 0.25) is 5.02 Å².